The lowest BCUT2D eigenvalue weighted by Gasteiger charge is -2.28. The molecule has 27 heavy (non-hydrogen) atoms. The van der Waals surface area contributed by atoms with Gasteiger partial charge >= 0.3 is 0 Å². The van der Waals surface area contributed by atoms with Crippen molar-refractivity contribution in [2.45, 2.75) is 40.0 Å². The van der Waals surface area contributed by atoms with Gasteiger partial charge in [0, 0.05) is 42.1 Å². The molecule has 0 radical (unpaired) electrons. The van der Waals surface area contributed by atoms with Gasteiger partial charge < -0.3 is 4.98 Å². The largest absolute Gasteiger partial charge is 0.358 e. The van der Waals surface area contributed by atoms with Gasteiger partial charge in [0.05, 0.1) is 5.69 Å². The van der Waals surface area contributed by atoms with Crippen molar-refractivity contribution in [2.75, 3.05) is 0 Å². The van der Waals surface area contributed by atoms with Gasteiger partial charge in [-0.1, -0.05) is 26.0 Å². The van der Waals surface area contributed by atoms with Crippen LogP contribution in [0.4, 0.5) is 4.39 Å². The maximum atomic E-state index is 13.7. The van der Waals surface area contributed by atoms with Crippen LogP contribution in [0.2, 0.25) is 0 Å². The first-order chi connectivity index (χ1) is 12.8. The fourth-order valence-electron chi connectivity index (χ4n) is 4.09. The van der Waals surface area contributed by atoms with E-state index in [0.29, 0.717) is 18.4 Å². The van der Waals surface area contributed by atoms with Crippen molar-refractivity contribution in [1.29, 1.82) is 0 Å². The molecular formula is C23H23FN2O. The van der Waals surface area contributed by atoms with Gasteiger partial charge in [-0.25, -0.2) is 4.39 Å². The Labute approximate surface area is 158 Å². The standard InChI is InChI=1S/C23H23FN2O/c1-14-10-15(4-5-18(14)24)11-17-21-19(12-23(2,3)13-20(21)27)26-22(17)16-6-8-25-9-7-16/h4-10,26H,11-13H2,1-3H3. The summed E-state index contributed by atoms with van der Waals surface area (Å²) in [5, 5.41) is 0. The lowest BCUT2D eigenvalue weighted by molar-refractivity contribution is 0.0911. The van der Waals surface area contributed by atoms with Crippen LogP contribution in [-0.4, -0.2) is 15.8 Å². The summed E-state index contributed by atoms with van der Waals surface area (Å²) in [5.74, 6) is -0.0197. The fourth-order valence-corrected chi connectivity index (χ4v) is 4.09. The van der Waals surface area contributed by atoms with E-state index in [1.165, 1.54) is 6.07 Å². The second kappa shape index (κ2) is 6.45. The minimum atomic E-state index is -0.206. The van der Waals surface area contributed by atoms with Crippen molar-refractivity contribution in [1.82, 2.24) is 9.97 Å². The maximum absolute atomic E-state index is 13.7. The Kier molecular flexibility index (Phi) is 4.22. The average Bonchev–Trinajstić information content (AvgIpc) is 2.96. The number of nitrogens with one attached hydrogen (secondary N) is 1. The number of hydrogen-bond donors (Lipinski definition) is 1. The summed E-state index contributed by atoms with van der Waals surface area (Å²) < 4.78 is 13.7. The Morgan fingerprint density at radius 1 is 1.15 bits per heavy atom. The molecule has 3 nitrogen and oxygen atoms in total. The number of pyridine rings is 1. The van der Waals surface area contributed by atoms with Gasteiger partial charge in [0.1, 0.15) is 5.82 Å². The van der Waals surface area contributed by atoms with Gasteiger partial charge in [-0.3, -0.25) is 9.78 Å². The molecule has 0 unspecified atom stereocenters. The molecule has 0 bridgehead atoms. The van der Waals surface area contributed by atoms with Crippen LogP contribution in [0.3, 0.4) is 0 Å². The third kappa shape index (κ3) is 3.32. The van der Waals surface area contributed by atoms with E-state index in [4.69, 9.17) is 0 Å². The molecule has 0 aliphatic heterocycles. The number of aromatic amines is 1. The molecule has 3 aromatic rings. The minimum Gasteiger partial charge on any atom is -0.358 e. The van der Waals surface area contributed by atoms with Crippen LogP contribution < -0.4 is 0 Å². The van der Waals surface area contributed by atoms with Crippen LogP contribution in [0.15, 0.2) is 42.7 Å². The van der Waals surface area contributed by atoms with E-state index in [1.807, 2.05) is 18.2 Å². The minimum absolute atomic E-state index is 0.0474. The second-order valence-electron chi connectivity index (χ2n) is 8.27. The highest BCUT2D eigenvalue weighted by atomic mass is 19.1. The molecule has 1 aliphatic carbocycles. The van der Waals surface area contributed by atoms with Crippen LogP contribution in [0.1, 0.15) is 53.0 Å². The summed E-state index contributed by atoms with van der Waals surface area (Å²) in [4.78, 5) is 20.6. The highest BCUT2D eigenvalue weighted by Gasteiger charge is 2.35. The van der Waals surface area contributed by atoms with Gasteiger partial charge in [0.25, 0.3) is 0 Å². The van der Waals surface area contributed by atoms with Crippen LogP contribution in [0.5, 0.6) is 0 Å². The number of carbonyl (C=O) groups excluding carboxylic acids is 1. The zero-order valence-electron chi connectivity index (χ0n) is 15.9. The van der Waals surface area contributed by atoms with Crippen LogP contribution in [0, 0.1) is 18.2 Å². The predicted molar refractivity (Wildman–Crippen MR) is 104 cm³/mol. The third-order valence-corrected chi connectivity index (χ3v) is 5.33. The van der Waals surface area contributed by atoms with Crippen molar-refractivity contribution in [2.24, 2.45) is 5.41 Å². The lowest BCUT2D eigenvalue weighted by atomic mass is 9.75. The number of hydrogen-bond acceptors (Lipinski definition) is 2. The summed E-state index contributed by atoms with van der Waals surface area (Å²) in [6.45, 7) is 6.02. The molecule has 1 aliphatic rings. The van der Waals surface area contributed by atoms with Gasteiger partial charge in [-0.15, -0.1) is 0 Å². The average molecular weight is 362 g/mol. The smallest absolute Gasteiger partial charge is 0.165 e. The molecule has 0 saturated heterocycles. The highest BCUT2D eigenvalue weighted by Crippen LogP contribution is 2.40. The number of fused-ring (bicyclic) bond motifs is 1. The van der Waals surface area contributed by atoms with Gasteiger partial charge in [-0.2, -0.15) is 0 Å². The van der Waals surface area contributed by atoms with Crippen molar-refractivity contribution >= 4 is 5.78 Å². The number of Topliss-reactive ketones (excluding diaryl/α,β-unsaturated/α-hetero) is 1. The summed E-state index contributed by atoms with van der Waals surface area (Å²) in [6, 6.07) is 9.07. The monoisotopic (exact) mass is 362 g/mol. The van der Waals surface area contributed by atoms with Crippen molar-refractivity contribution in [3.05, 3.63) is 76.5 Å². The number of rotatable bonds is 3. The van der Waals surface area contributed by atoms with Gasteiger partial charge in [-0.05, 0) is 53.6 Å². The number of ketones is 1. The molecule has 0 fully saturated rings. The second-order valence-corrected chi connectivity index (χ2v) is 8.27. The van der Waals surface area contributed by atoms with Gasteiger partial charge in [0.15, 0.2) is 5.78 Å². The van der Waals surface area contributed by atoms with Crippen LogP contribution in [-0.2, 0) is 12.8 Å². The van der Waals surface area contributed by atoms with E-state index in [0.717, 1.165) is 40.1 Å². The number of carbonyl (C=O) groups is 1. The highest BCUT2D eigenvalue weighted by molar-refractivity contribution is 6.02. The fraction of sp³-hybridized carbons (Fsp3) is 0.304. The first-order valence-corrected chi connectivity index (χ1v) is 9.26. The summed E-state index contributed by atoms with van der Waals surface area (Å²) in [7, 11) is 0. The van der Waals surface area contributed by atoms with Crippen molar-refractivity contribution < 1.29 is 9.18 Å². The van der Waals surface area contributed by atoms with E-state index in [2.05, 4.69) is 23.8 Å². The molecule has 0 spiro atoms. The number of benzene rings is 1. The molecular weight excluding hydrogens is 339 g/mol. The number of halogens is 1. The Morgan fingerprint density at radius 2 is 1.89 bits per heavy atom. The molecule has 0 saturated carbocycles. The molecule has 2 aromatic heterocycles. The number of aryl methyl sites for hydroxylation is 1. The molecule has 2 heterocycles. The van der Waals surface area contributed by atoms with Gasteiger partial charge in [0.2, 0.25) is 0 Å². The molecule has 0 amide bonds. The molecule has 4 heteroatoms. The van der Waals surface area contributed by atoms with E-state index in [1.54, 1.807) is 25.4 Å². The molecule has 1 aromatic carbocycles. The van der Waals surface area contributed by atoms with E-state index >= 15 is 0 Å². The Bertz CT molecular complexity index is 1020. The van der Waals surface area contributed by atoms with E-state index in [9.17, 15) is 9.18 Å². The predicted octanol–water partition coefficient (Wildman–Crippen LogP) is 5.27. The van der Waals surface area contributed by atoms with E-state index < -0.39 is 0 Å². The normalized spacial score (nSPS) is 15.6. The lowest BCUT2D eigenvalue weighted by Crippen LogP contribution is -2.27. The van der Waals surface area contributed by atoms with Crippen molar-refractivity contribution in [3.8, 4) is 11.3 Å². The molecule has 138 valence electrons. The number of nitrogens with zero attached hydrogens (tertiary/aromatic N) is 1. The third-order valence-electron chi connectivity index (χ3n) is 5.33. The Balaban J connectivity index is 1.87. The summed E-state index contributed by atoms with van der Waals surface area (Å²) >= 11 is 0. The number of H-pyrrole nitrogens is 1. The summed E-state index contributed by atoms with van der Waals surface area (Å²) in [6.07, 6.45) is 5.49. The SMILES string of the molecule is Cc1cc(Cc2c(-c3ccncc3)[nH]c3c2C(=O)CC(C)(C)C3)ccc1F. The zero-order chi connectivity index (χ0) is 19.2. The first kappa shape index (κ1) is 17.7. The number of aromatic nitrogens is 2. The summed E-state index contributed by atoms with van der Waals surface area (Å²) in [5.41, 5.74) is 6.39. The Hall–Kier alpha value is -2.75. The zero-order valence-corrected chi connectivity index (χ0v) is 15.9. The van der Waals surface area contributed by atoms with Crippen LogP contribution >= 0.6 is 0 Å². The molecule has 1 N–H and O–H groups in total. The van der Waals surface area contributed by atoms with Crippen molar-refractivity contribution in [3.63, 3.8) is 0 Å². The first-order valence-electron chi connectivity index (χ1n) is 9.26. The molecule has 0 atom stereocenters. The topological polar surface area (TPSA) is 45.8 Å². The maximum Gasteiger partial charge on any atom is 0.165 e. The van der Waals surface area contributed by atoms with E-state index in [-0.39, 0.29) is 17.0 Å². The quantitative estimate of drug-likeness (QED) is 0.690. The molecule has 4 rings (SSSR count). The van der Waals surface area contributed by atoms with Crippen LogP contribution in [0.25, 0.3) is 11.3 Å². The Morgan fingerprint density at radius 3 is 2.59 bits per heavy atom.